The van der Waals surface area contributed by atoms with Crippen molar-refractivity contribution in [2.75, 3.05) is 18.6 Å². The number of amides is 1. The van der Waals surface area contributed by atoms with Gasteiger partial charge in [0.2, 0.25) is 0 Å². The number of thiocarbonyl (C=S) groups is 1. The molecule has 0 unspecified atom stereocenters. The molecule has 0 spiro atoms. The van der Waals surface area contributed by atoms with Gasteiger partial charge in [0, 0.05) is 5.56 Å². The van der Waals surface area contributed by atoms with Crippen molar-refractivity contribution in [3.05, 3.63) is 87.5 Å². The lowest BCUT2D eigenvalue weighted by Gasteiger charge is -2.15. The Morgan fingerprint density at radius 3 is 2.54 bits per heavy atom. The number of carbonyl (C=O) groups excluding carboxylic acids is 1. The van der Waals surface area contributed by atoms with E-state index in [1.807, 2.05) is 6.92 Å². The van der Waals surface area contributed by atoms with E-state index in [-0.39, 0.29) is 18.3 Å². The molecule has 0 aliphatic carbocycles. The summed E-state index contributed by atoms with van der Waals surface area (Å²) in [6.45, 7) is 2.34. The van der Waals surface area contributed by atoms with Gasteiger partial charge < -0.3 is 14.2 Å². The fourth-order valence-corrected chi connectivity index (χ4v) is 4.96. The van der Waals surface area contributed by atoms with E-state index in [9.17, 15) is 9.18 Å². The van der Waals surface area contributed by atoms with Crippen LogP contribution in [0.4, 0.5) is 10.1 Å². The van der Waals surface area contributed by atoms with Gasteiger partial charge in [-0.3, -0.25) is 9.69 Å². The van der Waals surface area contributed by atoms with Crippen LogP contribution in [0.2, 0.25) is 5.02 Å². The Kier molecular flexibility index (Phi) is 7.95. The Bertz CT molecular complexity index is 1310. The van der Waals surface area contributed by atoms with Gasteiger partial charge in [0.25, 0.3) is 5.91 Å². The first-order chi connectivity index (χ1) is 16.9. The van der Waals surface area contributed by atoms with Crippen LogP contribution in [0.3, 0.4) is 0 Å². The standard InChI is InChI=1S/C26H21ClFNO4S2/c1-3-32-23-12-16(8-10-22(23)33-15-17-6-4-5-7-20(17)28)13-24-25(30)29(26(34)35-24)18-9-11-21(31-2)19(27)14-18/h4-14H,3,15H2,1-2H3/b24-13+. The third-order valence-corrected chi connectivity index (χ3v) is 6.69. The molecule has 1 aliphatic heterocycles. The molecule has 1 amide bonds. The molecule has 4 rings (SSSR count). The number of rotatable bonds is 8. The minimum atomic E-state index is -0.331. The molecule has 1 saturated heterocycles. The number of nitrogens with zero attached hydrogens (tertiary/aromatic N) is 1. The molecule has 9 heteroatoms. The van der Waals surface area contributed by atoms with Crippen molar-refractivity contribution in [3.8, 4) is 17.2 Å². The van der Waals surface area contributed by atoms with Crippen molar-refractivity contribution in [1.29, 1.82) is 0 Å². The van der Waals surface area contributed by atoms with Crippen LogP contribution in [0.15, 0.2) is 65.6 Å². The van der Waals surface area contributed by atoms with Crippen molar-refractivity contribution >= 4 is 57.6 Å². The molecular formula is C26H21ClFNO4S2. The van der Waals surface area contributed by atoms with Crippen LogP contribution in [0.5, 0.6) is 17.2 Å². The summed E-state index contributed by atoms with van der Waals surface area (Å²) < 4.78 is 31.1. The molecule has 0 saturated carbocycles. The Morgan fingerprint density at radius 1 is 1.06 bits per heavy atom. The van der Waals surface area contributed by atoms with Crippen LogP contribution >= 0.6 is 35.6 Å². The lowest BCUT2D eigenvalue weighted by molar-refractivity contribution is -0.113. The average molecular weight is 530 g/mol. The zero-order chi connectivity index (χ0) is 24.9. The zero-order valence-corrected chi connectivity index (χ0v) is 21.3. The van der Waals surface area contributed by atoms with Crippen molar-refractivity contribution in [3.63, 3.8) is 0 Å². The van der Waals surface area contributed by atoms with E-state index in [1.165, 1.54) is 29.8 Å². The molecule has 0 atom stereocenters. The van der Waals surface area contributed by atoms with Crippen molar-refractivity contribution in [1.82, 2.24) is 0 Å². The van der Waals surface area contributed by atoms with E-state index >= 15 is 0 Å². The van der Waals surface area contributed by atoms with Gasteiger partial charge >= 0.3 is 0 Å². The molecule has 180 valence electrons. The predicted octanol–water partition coefficient (Wildman–Crippen LogP) is 6.87. The van der Waals surface area contributed by atoms with Gasteiger partial charge in [0.05, 0.1) is 29.3 Å². The number of thioether (sulfide) groups is 1. The zero-order valence-electron chi connectivity index (χ0n) is 18.9. The first kappa shape index (κ1) is 25.0. The third-order valence-electron chi connectivity index (χ3n) is 5.09. The number of ether oxygens (including phenoxy) is 3. The highest BCUT2D eigenvalue weighted by molar-refractivity contribution is 8.27. The normalized spacial score (nSPS) is 14.5. The van der Waals surface area contributed by atoms with Crippen LogP contribution in [0.1, 0.15) is 18.1 Å². The van der Waals surface area contributed by atoms with Gasteiger partial charge in [-0.05, 0) is 55.0 Å². The van der Waals surface area contributed by atoms with Crippen molar-refractivity contribution in [2.24, 2.45) is 0 Å². The van der Waals surface area contributed by atoms with Gasteiger partial charge in [-0.2, -0.15) is 0 Å². The summed E-state index contributed by atoms with van der Waals surface area (Å²) >= 11 is 12.9. The van der Waals surface area contributed by atoms with Gasteiger partial charge in [0.15, 0.2) is 15.8 Å². The molecule has 1 fully saturated rings. The summed E-state index contributed by atoms with van der Waals surface area (Å²) in [6, 6.07) is 16.8. The molecule has 1 aliphatic rings. The van der Waals surface area contributed by atoms with Crippen LogP contribution in [0.25, 0.3) is 6.08 Å². The number of hydrogen-bond donors (Lipinski definition) is 0. The molecule has 3 aromatic carbocycles. The summed E-state index contributed by atoms with van der Waals surface area (Å²) in [5.74, 6) is 0.904. The highest BCUT2D eigenvalue weighted by atomic mass is 35.5. The molecule has 0 bridgehead atoms. The van der Waals surface area contributed by atoms with Gasteiger partial charge in [0.1, 0.15) is 18.2 Å². The van der Waals surface area contributed by atoms with Crippen LogP contribution in [-0.4, -0.2) is 23.9 Å². The summed E-state index contributed by atoms with van der Waals surface area (Å²) in [7, 11) is 1.52. The second-order valence-electron chi connectivity index (χ2n) is 7.36. The fraction of sp³-hybridized carbons (Fsp3) is 0.154. The Balaban J connectivity index is 1.56. The minimum Gasteiger partial charge on any atom is -0.495 e. The maximum Gasteiger partial charge on any atom is 0.270 e. The summed E-state index contributed by atoms with van der Waals surface area (Å²) in [4.78, 5) is 15.0. The van der Waals surface area contributed by atoms with E-state index in [0.29, 0.717) is 49.4 Å². The third kappa shape index (κ3) is 5.61. The van der Waals surface area contributed by atoms with Crippen LogP contribution in [0, 0.1) is 5.82 Å². The Morgan fingerprint density at radius 2 is 1.83 bits per heavy atom. The molecule has 3 aromatic rings. The molecule has 0 N–H and O–H groups in total. The second-order valence-corrected chi connectivity index (χ2v) is 9.44. The first-order valence-corrected chi connectivity index (χ1v) is 12.3. The van der Waals surface area contributed by atoms with Crippen molar-refractivity contribution in [2.45, 2.75) is 13.5 Å². The van der Waals surface area contributed by atoms with Crippen LogP contribution in [-0.2, 0) is 11.4 Å². The Labute approximate surface area is 217 Å². The number of carbonyl (C=O) groups is 1. The SMILES string of the molecule is CCOc1cc(/C=C2/SC(=S)N(c3ccc(OC)c(Cl)c3)C2=O)ccc1OCc1ccccc1F. The van der Waals surface area contributed by atoms with Gasteiger partial charge in [-0.25, -0.2) is 4.39 Å². The van der Waals surface area contributed by atoms with E-state index in [1.54, 1.807) is 60.7 Å². The van der Waals surface area contributed by atoms with Gasteiger partial charge in [-0.1, -0.05) is 59.8 Å². The summed E-state index contributed by atoms with van der Waals surface area (Å²) in [6.07, 6.45) is 1.74. The largest absolute Gasteiger partial charge is 0.495 e. The smallest absolute Gasteiger partial charge is 0.270 e. The fourth-order valence-electron chi connectivity index (χ4n) is 3.41. The quantitative estimate of drug-likeness (QED) is 0.234. The van der Waals surface area contributed by atoms with E-state index < -0.39 is 0 Å². The Hall–Kier alpha value is -3.07. The summed E-state index contributed by atoms with van der Waals surface area (Å²) in [5, 5.41) is 0.385. The maximum atomic E-state index is 13.9. The lowest BCUT2D eigenvalue weighted by Crippen LogP contribution is -2.27. The number of benzene rings is 3. The van der Waals surface area contributed by atoms with E-state index in [0.717, 1.165) is 5.56 Å². The predicted molar refractivity (Wildman–Crippen MR) is 142 cm³/mol. The topological polar surface area (TPSA) is 48.0 Å². The number of hydrogen-bond acceptors (Lipinski definition) is 6. The molecule has 35 heavy (non-hydrogen) atoms. The summed E-state index contributed by atoms with van der Waals surface area (Å²) in [5.41, 5.74) is 1.75. The minimum absolute atomic E-state index is 0.0647. The first-order valence-electron chi connectivity index (χ1n) is 10.7. The number of anilines is 1. The van der Waals surface area contributed by atoms with E-state index in [4.69, 9.17) is 38.0 Å². The number of halogens is 2. The van der Waals surface area contributed by atoms with Gasteiger partial charge in [-0.15, -0.1) is 0 Å². The molecule has 5 nitrogen and oxygen atoms in total. The maximum absolute atomic E-state index is 13.9. The molecule has 0 radical (unpaired) electrons. The molecular weight excluding hydrogens is 509 g/mol. The molecule has 0 aromatic heterocycles. The average Bonchev–Trinajstić information content (AvgIpc) is 3.12. The second kappa shape index (κ2) is 11.1. The lowest BCUT2D eigenvalue weighted by atomic mass is 10.1. The molecule has 1 heterocycles. The monoisotopic (exact) mass is 529 g/mol. The highest BCUT2D eigenvalue weighted by Crippen LogP contribution is 2.39. The van der Waals surface area contributed by atoms with Crippen LogP contribution < -0.4 is 19.1 Å². The van der Waals surface area contributed by atoms with E-state index in [2.05, 4.69) is 0 Å². The highest BCUT2D eigenvalue weighted by Gasteiger charge is 2.33. The van der Waals surface area contributed by atoms with Crippen molar-refractivity contribution < 1.29 is 23.4 Å². The number of methoxy groups -OCH3 is 1.